The summed E-state index contributed by atoms with van der Waals surface area (Å²) in [7, 11) is 0. The zero-order chi connectivity index (χ0) is 17.8. The highest BCUT2D eigenvalue weighted by Gasteiger charge is 2.30. The van der Waals surface area contributed by atoms with E-state index in [0.29, 0.717) is 5.92 Å². The number of amides is 1. The molecular weight excluding hydrogens is 326 g/mol. The Kier molecular flexibility index (Phi) is 5.34. The minimum absolute atomic E-state index is 0.190. The molecule has 4 rings (SSSR count). The Morgan fingerprint density at radius 3 is 2.69 bits per heavy atom. The van der Waals surface area contributed by atoms with Crippen molar-refractivity contribution < 1.29 is 9.53 Å². The molecule has 0 bridgehead atoms. The molecule has 1 N–H and O–H groups in total. The summed E-state index contributed by atoms with van der Waals surface area (Å²) in [4.78, 5) is 14.6. The van der Waals surface area contributed by atoms with Crippen molar-refractivity contribution in [1.29, 1.82) is 0 Å². The molecule has 26 heavy (non-hydrogen) atoms. The molecule has 2 aliphatic rings. The van der Waals surface area contributed by atoms with Gasteiger partial charge in [0.25, 0.3) is 5.91 Å². The van der Waals surface area contributed by atoms with Gasteiger partial charge in [0.2, 0.25) is 0 Å². The number of piperidine rings is 1. The number of rotatable bonds is 4. The van der Waals surface area contributed by atoms with Crippen LogP contribution in [0.4, 0.5) is 0 Å². The minimum atomic E-state index is -0.205. The van der Waals surface area contributed by atoms with Gasteiger partial charge in [0.15, 0.2) is 0 Å². The molecule has 0 unspecified atom stereocenters. The molecule has 1 atom stereocenters. The van der Waals surface area contributed by atoms with E-state index in [2.05, 4.69) is 40.5 Å². The molecule has 0 radical (unpaired) electrons. The highest BCUT2D eigenvalue weighted by Crippen LogP contribution is 2.28. The molecule has 0 aliphatic carbocycles. The Labute approximate surface area is 154 Å². The van der Waals surface area contributed by atoms with E-state index in [0.717, 1.165) is 69.6 Å². The third kappa shape index (κ3) is 3.98. The molecule has 2 fully saturated rings. The first-order valence-corrected chi connectivity index (χ1v) is 9.78. The van der Waals surface area contributed by atoms with E-state index in [-0.39, 0.29) is 12.0 Å². The van der Waals surface area contributed by atoms with E-state index < -0.39 is 0 Å². The van der Waals surface area contributed by atoms with Crippen molar-refractivity contribution in [2.75, 3.05) is 19.7 Å². The number of hydrogen-bond acceptors (Lipinski definition) is 3. The van der Waals surface area contributed by atoms with Crippen LogP contribution in [0.15, 0.2) is 36.4 Å². The van der Waals surface area contributed by atoms with Gasteiger partial charge in [-0.1, -0.05) is 30.3 Å². The maximum absolute atomic E-state index is 12.6. The van der Waals surface area contributed by atoms with Crippen molar-refractivity contribution in [2.45, 2.75) is 50.5 Å². The van der Waals surface area contributed by atoms with Crippen LogP contribution in [0, 0.1) is 0 Å². The number of H-pyrrole nitrogens is 1. The fraction of sp³-hybridized carbons (Fsp3) is 0.524. The lowest BCUT2D eigenvalue weighted by Gasteiger charge is -2.34. The van der Waals surface area contributed by atoms with Gasteiger partial charge in [-0.3, -0.25) is 9.89 Å². The van der Waals surface area contributed by atoms with Crippen molar-refractivity contribution in [2.24, 2.45) is 0 Å². The molecule has 1 amide bonds. The Morgan fingerprint density at radius 2 is 1.96 bits per heavy atom. The average molecular weight is 353 g/mol. The van der Waals surface area contributed by atoms with Gasteiger partial charge in [0.1, 0.15) is 6.10 Å². The van der Waals surface area contributed by atoms with Gasteiger partial charge in [-0.15, -0.1) is 0 Å². The Bertz CT molecular complexity index is 714. The van der Waals surface area contributed by atoms with Gasteiger partial charge < -0.3 is 9.64 Å². The molecule has 138 valence electrons. The van der Waals surface area contributed by atoms with E-state index in [1.807, 2.05) is 11.0 Å². The van der Waals surface area contributed by atoms with Gasteiger partial charge >= 0.3 is 0 Å². The Balaban J connectivity index is 1.31. The molecule has 5 nitrogen and oxygen atoms in total. The van der Waals surface area contributed by atoms with Crippen LogP contribution in [0.5, 0.6) is 0 Å². The summed E-state index contributed by atoms with van der Waals surface area (Å²) in [5.74, 6) is 0.627. The lowest BCUT2D eigenvalue weighted by atomic mass is 9.92. The summed E-state index contributed by atoms with van der Waals surface area (Å²) in [6, 6.07) is 12.6. The molecule has 5 heteroatoms. The van der Waals surface area contributed by atoms with E-state index in [1.165, 1.54) is 5.56 Å². The van der Waals surface area contributed by atoms with Crippen molar-refractivity contribution in [3.8, 4) is 0 Å². The van der Waals surface area contributed by atoms with Crippen LogP contribution < -0.4 is 0 Å². The quantitative estimate of drug-likeness (QED) is 0.918. The SMILES string of the molecule is O=C([C@@H]1CCCCO1)N1CCC(c2cc(Cc3ccccc3)[nH]n2)CC1. The predicted octanol–water partition coefficient (Wildman–Crippen LogP) is 3.28. The van der Waals surface area contributed by atoms with E-state index >= 15 is 0 Å². The number of carbonyl (C=O) groups excluding carboxylic acids is 1. The van der Waals surface area contributed by atoms with E-state index in [4.69, 9.17) is 4.74 Å². The molecule has 3 heterocycles. The second-order valence-corrected chi connectivity index (χ2v) is 7.44. The molecule has 2 aromatic rings. The number of aromatic amines is 1. The lowest BCUT2D eigenvalue weighted by molar-refractivity contribution is -0.147. The van der Waals surface area contributed by atoms with Crippen LogP contribution in [0.25, 0.3) is 0 Å². The summed E-state index contributed by atoms with van der Waals surface area (Å²) >= 11 is 0. The smallest absolute Gasteiger partial charge is 0.251 e. The van der Waals surface area contributed by atoms with Crippen LogP contribution in [-0.4, -0.2) is 46.8 Å². The molecule has 1 aromatic carbocycles. The minimum Gasteiger partial charge on any atom is -0.368 e. The third-order valence-corrected chi connectivity index (χ3v) is 5.57. The molecule has 2 aliphatic heterocycles. The summed E-state index contributed by atoms with van der Waals surface area (Å²) in [5.41, 5.74) is 3.58. The number of nitrogens with zero attached hydrogens (tertiary/aromatic N) is 2. The molecule has 1 aromatic heterocycles. The zero-order valence-corrected chi connectivity index (χ0v) is 15.2. The van der Waals surface area contributed by atoms with Crippen LogP contribution in [0.3, 0.4) is 0 Å². The maximum atomic E-state index is 12.6. The van der Waals surface area contributed by atoms with Crippen molar-refractivity contribution in [3.63, 3.8) is 0 Å². The van der Waals surface area contributed by atoms with E-state index in [9.17, 15) is 4.79 Å². The first kappa shape index (κ1) is 17.3. The van der Waals surface area contributed by atoms with Gasteiger partial charge in [-0.25, -0.2) is 0 Å². The number of benzene rings is 1. The Hall–Kier alpha value is -2.14. The maximum Gasteiger partial charge on any atom is 0.251 e. The predicted molar refractivity (Wildman–Crippen MR) is 100.0 cm³/mol. The lowest BCUT2D eigenvalue weighted by Crippen LogP contribution is -2.45. The molecule has 0 spiro atoms. The summed E-state index contributed by atoms with van der Waals surface area (Å²) in [5, 5.41) is 7.73. The van der Waals surface area contributed by atoms with Gasteiger partial charge in [-0.05, 0) is 43.7 Å². The van der Waals surface area contributed by atoms with Crippen LogP contribution in [-0.2, 0) is 16.0 Å². The summed E-state index contributed by atoms with van der Waals surface area (Å²) in [6.07, 6.45) is 5.69. The van der Waals surface area contributed by atoms with Crippen molar-refractivity contribution in [1.82, 2.24) is 15.1 Å². The second-order valence-electron chi connectivity index (χ2n) is 7.44. The summed E-state index contributed by atoms with van der Waals surface area (Å²) < 4.78 is 5.66. The van der Waals surface area contributed by atoms with Crippen molar-refractivity contribution >= 4 is 5.91 Å². The zero-order valence-electron chi connectivity index (χ0n) is 15.2. The number of hydrogen-bond donors (Lipinski definition) is 1. The van der Waals surface area contributed by atoms with Crippen molar-refractivity contribution in [3.05, 3.63) is 53.3 Å². The number of carbonyl (C=O) groups is 1. The number of likely N-dealkylation sites (tertiary alicyclic amines) is 1. The largest absolute Gasteiger partial charge is 0.368 e. The average Bonchev–Trinajstić information content (AvgIpc) is 3.17. The molecule has 2 saturated heterocycles. The topological polar surface area (TPSA) is 58.2 Å². The van der Waals surface area contributed by atoms with Gasteiger partial charge in [0, 0.05) is 37.7 Å². The summed E-state index contributed by atoms with van der Waals surface area (Å²) in [6.45, 7) is 2.35. The van der Waals surface area contributed by atoms with Crippen LogP contribution in [0.2, 0.25) is 0 Å². The Morgan fingerprint density at radius 1 is 1.15 bits per heavy atom. The fourth-order valence-electron chi connectivity index (χ4n) is 4.03. The normalized spacial score (nSPS) is 21.7. The van der Waals surface area contributed by atoms with Crippen LogP contribution in [0.1, 0.15) is 55.0 Å². The van der Waals surface area contributed by atoms with Crippen LogP contribution >= 0.6 is 0 Å². The van der Waals surface area contributed by atoms with E-state index in [1.54, 1.807) is 0 Å². The monoisotopic (exact) mass is 353 g/mol. The second kappa shape index (κ2) is 8.04. The fourth-order valence-corrected chi connectivity index (χ4v) is 4.03. The third-order valence-electron chi connectivity index (χ3n) is 5.57. The number of ether oxygens (including phenoxy) is 1. The molecule has 0 saturated carbocycles. The first-order chi connectivity index (χ1) is 12.8. The number of aromatic nitrogens is 2. The number of nitrogens with one attached hydrogen (secondary N) is 1. The standard InChI is InChI=1S/C21H27N3O2/c25-21(20-8-4-5-13-26-20)24-11-9-17(10-12-24)19-15-18(22-23-19)14-16-6-2-1-3-7-16/h1-3,6-7,15,17,20H,4-5,8-14H2,(H,22,23)/t20-/m0/s1. The van der Waals surface area contributed by atoms with Gasteiger partial charge in [-0.2, -0.15) is 5.10 Å². The highest BCUT2D eigenvalue weighted by molar-refractivity contribution is 5.81. The first-order valence-electron chi connectivity index (χ1n) is 9.78. The van der Waals surface area contributed by atoms with Gasteiger partial charge in [0.05, 0.1) is 5.69 Å². The highest BCUT2D eigenvalue weighted by atomic mass is 16.5. The molecular formula is C21H27N3O2.